The molecule has 0 radical (unpaired) electrons. The molecule has 1 N–H and O–H groups in total. The number of thiazole rings is 1. The van der Waals surface area contributed by atoms with E-state index in [1.54, 1.807) is 0 Å². The number of carboxylic acids is 1. The number of rotatable bonds is 5. The lowest BCUT2D eigenvalue weighted by molar-refractivity contribution is 0.0700. The van der Waals surface area contributed by atoms with Gasteiger partial charge in [0.25, 0.3) is 0 Å². The maximum absolute atomic E-state index is 11.2. The van der Waals surface area contributed by atoms with Crippen molar-refractivity contribution in [2.75, 3.05) is 0 Å². The summed E-state index contributed by atoms with van der Waals surface area (Å²) in [6, 6.07) is 10.1. The van der Waals surface area contributed by atoms with Crippen LogP contribution in [0.5, 0.6) is 0 Å². The zero-order valence-corrected chi connectivity index (χ0v) is 11.9. The summed E-state index contributed by atoms with van der Waals surface area (Å²) >= 11 is 1.30. The number of hydrogen-bond acceptors (Lipinski definition) is 3. The minimum absolute atomic E-state index is 0.134. The van der Waals surface area contributed by atoms with E-state index in [1.165, 1.54) is 11.3 Å². The highest BCUT2D eigenvalue weighted by Crippen LogP contribution is 2.30. The first kappa shape index (κ1) is 13.7. The van der Waals surface area contributed by atoms with Crippen LogP contribution in [0.3, 0.4) is 0 Å². The summed E-state index contributed by atoms with van der Waals surface area (Å²) in [5.41, 5.74) is 1.88. The third-order valence-electron chi connectivity index (χ3n) is 3.06. The predicted octanol–water partition coefficient (Wildman–Crippen LogP) is 3.95. The van der Waals surface area contributed by atoms with Crippen molar-refractivity contribution in [1.82, 2.24) is 4.98 Å². The standard InChI is InChI=1S/C15H17NO2S/c1-3-7-12-13(15(17)18)19-14(16-12)10(2)11-8-5-4-6-9-11/h4-6,8-10H,3,7H2,1-2H3,(H,17,18). The van der Waals surface area contributed by atoms with Crippen molar-refractivity contribution < 1.29 is 9.90 Å². The maximum atomic E-state index is 11.2. The smallest absolute Gasteiger partial charge is 0.347 e. The number of aromatic carboxylic acids is 1. The molecule has 2 aromatic rings. The lowest BCUT2D eigenvalue weighted by Gasteiger charge is -2.07. The number of aryl methyl sites for hydroxylation is 1. The topological polar surface area (TPSA) is 50.2 Å². The summed E-state index contributed by atoms with van der Waals surface area (Å²) in [6.45, 7) is 4.10. The minimum atomic E-state index is -0.868. The number of carbonyl (C=O) groups is 1. The van der Waals surface area contributed by atoms with Gasteiger partial charge in [0.15, 0.2) is 0 Å². The zero-order chi connectivity index (χ0) is 13.8. The number of hydrogen-bond donors (Lipinski definition) is 1. The molecule has 0 bridgehead atoms. The van der Waals surface area contributed by atoms with Crippen molar-refractivity contribution in [1.29, 1.82) is 0 Å². The second-order valence-corrected chi connectivity index (χ2v) is 5.55. The van der Waals surface area contributed by atoms with Crippen molar-refractivity contribution >= 4 is 17.3 Å². The molecule has 0 fully saturated rings. The highest BCUT2D eigenvalue weighted by molar-refractivity contribution is 7.13. The molecule has 100 valence electrons. The Labute approximate surface area is 116 Å². The van der Waals surface area contributed by atoms with E-state index < -0.39 is 5.97 Å². The highest BCUT2D eigenvalue weighted by atomic mass is 32.1. The van der Waals surface area contributed by atoms with Gasteiger partial charge >= 0.3 is 5.97 Å². The van der Waals surface area contributed by atoms with Gasteiger partial charge in [-0.25, -0.2) is 9.78 Å². The molecule has 0 amide bonds. The lowest BCUT2D eigenvalue weighted by atomic mass is 10.0. The molecule has 3 nitrogen and oxygen atoms in total. The Morgan fingerprint density at radius 2 is 2.05 bits per heavy atom. The molecule has 0 spiro atoms. The molecule has 1 aromatic carbocycles. The molecule has 19 heavy (non-hydrogen) atoms. The van der Waals surface area contributed by atoms with Crippen molar-refractivity contribution in [3.8, 4) is 0 Å². The zero-order valence-electron chi connectivity index (χ0n) is 11.1. The largest absolute Gasteiger partial charge is 0.477 e. The quantitative estimate of drug-likeness (QED) is 0.899. The number of carboxylic acid groups (broad SMARTS) is 1. The molecule has 1 atom stereocenters. The van der Waals surface area contributed by atoms with Crippen molar-refractivity contribution in [2.24, 2.45) is 0 Å². The maximum Gasteiger partial charge on any atom is 0.347 e. The number of nitrogens with zero attached hydrogens (tertiary/aromatic N) is 1. The van der Waals surface area contributed by atoms with Crippen LogP contribution in [-0.2, 0) is 6.42 Å². The van der Waals surface area contributed by atoms with Crippen molar-refractivity contribution in [2.45, 2.75) is 32.6 Å². The van der Waals surface area contributed by atoms with Gasteiger partial charge in [0, 0.05) is 5.92 Å². The average Bonchev–Trinajstić information content (AvgIpc) is 2.83. The van der Waals surface area contributed by atoms with Gasteiger partial charge in [-0.1, -0.05) is 50.6 Å². The Morgan fingerprint density at radius 1 is 1.37 bits per heavy atom. The molecule has 4 heteroatoms. The first-order chi connectivity index (χ1) is 9.13. The molecule has 0 aliphatic heterocycles. The van der Waals surface area contributed by atoms with Gasteiger partial charge in [-0.3, -0.25) is 0 Å². The summed E-state index contributed by atoms with van der Waals surface area (Å²) < 4.78 is 0. The first-order valence-corrected chi connectivity index (χ1v) is 7.23. The van der Waals surface area contributed by atoms with Crippen LogP contribution < -0.4 is 0 Å². The number of aromatic nitrogens is 1. The Balaban J connectivity index is 2.35. The molecular weight excluding hydrogens is 258 g/mol. The molecule has 0 saturated heterocycles. The van der Waals surface area contributed by atoms with Gasteiger partial charge < -0.3 is 5.11 Å². The fourth-order valence-corrected chi connectivity index (χ4v) is 3.04. The van der Waals surface area contributed by atoms with Crippen LogP contribution in [0, 0.1) is 0 Å². The highest BCUT2D eigenvalue weighted by Gasteiger charge is 2.20. The van der Waals surface area contributed by atoms with E-state index in [-0.39, 0.29) is 5.92 Å². The molecule has 2 rings (SSSR count). The molecule has 0 aliphatic carbocycles. The van der Waals surface area contributed by atoms with E-state index in [0.717, 1.165) is 29.1 Å². The van der Waals surface area contributed by atoms with Gasteiger partial charge in [0.05, 0.1) is 5.69 Å². The normalized spacial score (nSPS) is 12.3. The summed E-state index contributed by atoms with van der Waals surface area (Å²) in [7, 11) is 0. The second-order valence-electron chi connectivity index (χ2n) is 4.52. The predicted molar refractivity (Wildman–Crippen MR) is 77.0 cm³/mol. The molecule has 0 aliphatic rings. The Hall–Kier alpha value is -1.68. The van der Waals surface area contributed by atoms with Crippen LogP contribution in [-0.4, -0.2) is 16.1 Å². The van der Waals surface area contributed by atoms with Crippen molar-refractivity contribution in [3.05, 3.63) is 51.5 Å². The Kier molecular flexibility index (Phi) is 4.32. The van der Waals surface area contributed by atoms with E-state index in [4.69, 9.17) is 0 Å². The Morgan fingerprint density at radius 3 is 2.63 bits per heavy atom. The van der Waals surface area contributed by atoms with Gasteiger partial charge in [0.2, 0.25) is 0 Å². The van der Waals surface area contributed by atoms with Gasteiger partial charge in [-0.15, -0.1) is 11.3 Å². The average molecular weight is 275 g/mol. The van der Waals surface area contributed by atoms with Gasteiger partial charge in [-0.2, -0.15) is 0 Å². The minimum Gasteiger partial charge on any atom is -0.477 e. The third-order valence-corrected chi connectivity index (χ3v) is 4.33. The summed E-state index contributed by atoms with van der Waals surface area (Å²) in [4.78, 5) is 16.2. The SMILES string of the molecule is CCCc1nc(C(C)c2ccccc2)sc1C(=O)O. The van der Waals surface area contributed by atoms with E-state index in [9.17, 15) is 9.90 Å². The van der Waals surface area contributed by atoms with Crippen LogP contribution in [0.25, 0.3) is 0 Å². The fourth-order valence-electron chi connectivity index (χ4n) is 2.01. The summed E-state index contributed by atoms with van der Waals surface area (Å²) in [5, 5.41) is 10.1. The van der Waals surface area contributed by atoms with Gasteiger partial charge in [-0.05, 0) is 12.0 Å². The van der Waals surface area contributed by atoms with Crippen LogP contribution in [0.1, 0.15) is 52.1 Å². The summed E-state index contributed by atoms with van der Waals surface area (Å²) in [6.07, 6.45) is 1.63. The molecule has 1 unspecified atom stereocenters. The van der Waals surface area contributed by atoms with E-state index in [0.29, 0.717) is 4.88 Å². The van der Waals surface area contributed by atoms with Crippen molar-refractivity contribution in [3.63, 3.8) is 0 Å². The van der Waals surface area contributed by atoms with Gasteiger partial charge in [0.1, 0.15) is 9.88 Å². The van der Waals surface area contributed by atoms with E-state index >= 15 is 0 Å². The monoisotopic (exact) mass is 275 g/mol. The number of benzene rings is 1. The third kappa shape index (κ3) is 3.01. The first-order valence-electron chi connectivity index (χ1n) is 6.41. The molecule has 0 saturated carbocycles. The Bertz CT molecular complexity index is 563. The second kappa shape index (κ2) is 5.97. The van der Waals surface area contributed by atoms with E-state index in [1.807, 2.05) is 37.3 Å². The molecule has 1 aromatic heterocycles. The van der Waals surface area contributed by atoms with Crippen LogP contribution >= 0.6 is 11.3 Å². The lowest BCUT2D eigenvalue weighted by Crippen LogP contribution is -1.98. The summed E-state index contributed by atoms with van der Waals surface area (Å²) in [5.74, 6) is -0.734. The van der Waals surface area contributed by atoms with Crippen LogP contribution in [0.2, 0.25) is 0 Å². The molecule has 1 heterocycles. The van der Waals surface area contributed by atoms with E-state index in [2.05, 4.69) is 11.9 Å². The molecular formula is C15H17NO2S. The van der Waals surface area contributed by atoms with Crippen LogP contribution in [0.15, 0.2) is 30.3 Å². The van der Waals surface area contributed by atoms with Crippen LogP contribution in [0.4, 0.5) is 0 Å². The fraction of sp³-hybridized carbons (Fsp3) is 0.333.